The molecule has 0 fully saturated rings. The van der Waals surface area contributed by atoms with Crippen molar-refractivity contribution in [1.82, 2.24) is 9.38 Å². The number of hydrogen-bond donors (Lipinski definition) is 0. The fraction of sp³-hybridized carbons (Fsp3) is 0.211. The highest BCUT2D eigenvalue weighted by Gasteiger charge is 2.30. The van der Waals surface area contributed by atoms with Gasteiger partial charge in [0.1, 0.15) is 18.0 Å². The first kappa shape index (κ1) is 15.4. The van der Waals surface area contributed by atoms with Gasteiger partial charge >= 0.3 is 5.97 Å². The minimum Gasteiger partial charge on any atom is -0.478 e. The normalized spacial score (nSPS) is 15.6. The lowest BCUT2D eigenvalue weighted by Crippen LogP contribution is -2.27. The highest BCUT2D eigenvalue weighted by atomic mass is 16.6. The molecule has 0 amide bonds. The van der Waals surface area contributed by atoms with Gasteiger partial charge < -0.3 is 9.47 Å². The van der Waals surface area contributed by atoms with Gasteiger partial charge in [-0.3, -0.25) is 9.20 Å². The van der Waals surface area contributed by atoms with E-state index in [1.54, 1.807) is 6.20 Å². The Labute approximate surface area is 143 Å². The molecule has 6 heteroatoms. The molecule has 1 atom stereocenters. The topological polar surface area (TPSA) is 69.9 Å². The molecule has 25 heavy (non-hydrogen) atoms. The first-order chi connectivity index (χ1) is 12.1. The van der Waals surface area contributed by atoms with Crippen LogP contribution in [0, 0.1) is 6.92 Å². The van der Waals surface area contributed by atoms with Gasteiger partial charge in [-0.25, -0.2) is 9.78 Å². The quantitative estimate of drug-likeness (QED) is 0.685. The standard InChI is InChI=1S/C19H16N2O4/c1-12-6-7-21-17(8-12)20-14(10-18(21)22)11-24-19(23)16-9-13-4-2-3-5-15(13)25-16/h2-8,10,16H,9,11H2,1H3. The van der Waals surface area contributed by atoms with Gasteiger partial charge in [-0.2, -0.15) is 0 Å². The van der Waals surface area contributed by atoms with Crippen LogP contribution in [0.15, 0.2) is 53.5 Å². The van der Waals surface area contributed by atoms with Crippen LogP contribution in [-0.2, 0) is 22.6 Å². The molecule has 1 aliphatic rings. The van der Waals surface area contributed by atoms with Crippen molar-refractivity contribution in [2.75, 3.05) is 0 Å². The number of carbonyl (C=O) groups is 1. The lowest BCUT2D eigenvalue weighted by atomic mass is 10.1. The Morgan fingerprint density at radius 3 is 3.00 bits per heavy atom. The van der Waals surface area contributed by atoms with Crippen LogP contribution in [0.5, 0.6) is 5.75 Å². The first-order valence-corrected chi connectivity index (χ1v) is 8.00. The third-order valence-electron chi connectivity index (χ3n) is 4.15. The van der Waals surface area contributed by atoms with Crippen LogP contribution in [0.1, 0.15) is 16.8 Å². The van der Waals surface area contributed by atoms with Crippen molar-refractivity contribution >= 4 is 11.6 Å². The number of hydrogen-bond acceptors (Lipinski definition) is 5. The van der Waals surface area contributed by atoms with E-state index in [2.05, 4.69) is 4.98 Å². The zero-order valence-electron chi connectivity index (χ0n) is 13.6. The predicted molar refractivity (Wildman–Crippen MR) is 90.6 cm³/mol. The zero-order valence-corrected chi connectivity index (χ0v) is 13.6. The lowest BCUT2D eigenvalue weighted by Gasteiger charge is -2.10. The van der Waals surface area contributed by atoms with Crippen LogP contribution in [0.3, 0.4) is 0 Å². The molecule has 1 aromatic carbocycles. The summed E-state index contributed by atoms with van der Waals surface area (Å²) in [4.78, 5) is 28.7. The Bertz CT molecular complexity index is 1000. The van der Waals surface area contributed by atoms with Crippen molar-refractivity contribution in [3.63, 3.8) is 0 Å². The molecule has 4 rings (SSSR count). The molecule has 1 aliphatic heterocycles. The SMILES string of the molecule is Cc1ccn2c(=O)cc(COC(=O)C3Cc4ccccc4O3)nc2c1. The molecular weight excluding hydrogens is 320 g/mol. The van der Waals surface area contributed by atoms with E-state index in [1.807, 2.05) is 43.3 Å². The Morgan fingerprint density at radius 2 is 2.16 bits per heavy atom. The van der Waals surface area contributed by atoms with Gasteiger partial charge in [-0.15, -0.1) is 0 Å². The van der Waals surface area contributed by atoms with Gasteiger partial charge in [0, 0.05) is 18.7 Å². The summed E-state index contributed by atoms with van der Waals surface area (Å²) in [6.07, 6.45) is 1.52. The number of benzene rings is 1. The summed E-state index contributed by atoms with van der Waals surface area (Å²) in [6.45, 7) is 1.86. The summed E-state index contributed by atoms with van der Waals surface area (Å²) in [5.74, 6) is 0.254. The molecule has 0 radical (unpaired) electrons. The van der Waals surface area contributed by atoms with Crippen molar-refractivity contribution in [2.45, 2.75) is 26.1 Å². The lowest BCUT2D eigenvalue weighted by molar-refractivity contribution is -0.152. The molecule has 0 N–H and O–H groups in total. The third kappa shape index (κ3) is 2.98. The second-order valence-electron chi connectivity index (χ2n) is 6.04. The molecule has 0 spiro atoms. The van der Waals surface area contributed by atoms with Gasteiger partial charge in [0.2, 0.25) is 0 Å². The van der Waals surface area contributed by atoms with Crippen molar-refractivity contribution < 1.29 is 14.3 Å². The minimum atomic E-state index is -0.652. The summed E-state index contributed by atoms with van der Waals surface area (Å²) >= 11 is 0. The average Bonchev–Trinajstić information content (AvgIpc) is 3.03. The van der Waals surface area contributed by atoms with Crippen molar-refractivity contribution in [2.24, 2.45) is 0 Å². The zero-order chi connectivity index (χ0) is 17.4. The van der Waals surface area contributed by atoms with E-state index < -0.39 is 12.1 Å². The molecule has 2 aromatic heterocycles. The molecule has 0 saturated heterocycles. The second kappa shape index (κ2) is 6.05. The van der Waals surface area contributed by atoms with Crippen LogP contribution in [0.25, 0.3) is 5.65 Å². The highest BCUT2D eigenvalue weighted by molar-refractivity contribution is 5.76. The Morgan fingerprint density at radius 1 is 1.32 bits per heavy atom. The molecule has 0 saturated carbocycles. The number of ether oxygens (including phenoxy) is 2. The number of fused-ring (bicyclic) bond motifs is 2. The Kier molecular flexibility index (Phi) is 3.72. The number of aromatic nitrogens is 2. The number of rotatable bonds is 3. The van der Waals surface area contributed by atoms with E-state index in [4.69, 9.17) is 9.47 Å². The summed E-state index contributed by atoms with van der Waals surface area (Å²) in [5.41, 5.74) is 2.73. The number of pyridine rings is 1. The second-order valence-corrected chi connectivity index (χ2v) is 6.04. The number of carbonyl (C=O) groups excluding carboxylic acids is 1. The van der Waals surface area contributed by atoms with Crippen LogP contribution in [0.2, 0.25) is 0 Å². The van der Waals surface area contributed by atoms with Crippen molar-refractivity contribution in [3.8, 4) is 5.75 Å². The van der Waals surface area contributed by atoms with Crippen LogP contribution >= 0.6 is 0 Å². The predicted octanol–water partition coefficient (Wildman–Crippen LogP) is 2.05. The molecule has 0 aliphatic carbocycles. The maximum Gasteiger partial charge on any atom is 0.348 e. The number of aryl methyl sites for hydroxylation is 1. The van der Waals surface area contributed by atoms with E-state index in [9.17, 15) is 9.59 Å². The maximum absolute atomic E-state index is 12.2. The van der Waals surface area contributed by atoms with Gasteiger partial charge in [-0.05, 0) is 36.2 Å². The smallest absolute Gasteiger partial charge is 0.348 e. The largest absolute Gasteiger partial charge is 0.478 e. The molecule has 126 valence electrons. The monoisotopic (exact) mass is 336 g/mol. The maximum atomic E-state index is 12.2. The van der Waals surface area contributed by atoms with Gasteiger partial charge in [0.15, 0.2) is 6.10 Å². The minimum absolute atomic E-state index is 0.0608. The van der Waals surface area contributed by atoms with Crippen LogP contribution in [0.4, 0.5) is 0 Å². The van der Waals surface area contributed by atoms with E-state index in [1.165, 1.54) is 10.5 Å². The van der Waals surface area contributed by atoms with Gasteiger partial charge in [0.25, 0.3) is 5.56 Å². The summed E-state index contributed by atoms with van der Waals surface area (Å²) in [6, 6.07) is 12.5. The van der Waals surface area contributed by atoms with Crippen LogP contribution in [-0.4, -0.2) is 21.5 Å². The summed E-state index contributed by atoms with van der Waals surface area (Å²) in [5, 5.41) is 0. The van der Waals surface area contributed by atoms with Gasteiger partial charge in [-0.1, -0.05) is 18.2 Å². The summed E-state index contributed by atoms with van der Waals surface area (Å²) in [7, 11) is 0. The molecule has 6 nitrogen and oxygen atoms in total. The third-order valence-corrected chi connectivity index (χ3v) is 4.15. The molecule has 3 aromatic rings. The molecular formula is C19H16N2O4. The fourth-order valence-corrected chi connectivity index (χ4v) is 2.88. The molecule has 1 unspecified atom stereocenters. The highest BCUT2D eigenvalue weighted by Crippen LogP contribution is 2.28. The van der Waals surface area contributed by atoms with E-state index >= 15 is 0 Å². The van der Waals surface area contributed by atoms with E-state index in [0.29, 0.717) is 23.5 Å². The number of esters is 1. The molecule has 3 heterocycles. The van der Waals surface area contributed by atoms with Crippen LogP contribution < -0.4 is 10.3 Å². The van der Waals surface area contributed by atoms with E-state index in [0.717, 1.165) is 11.1 Å². The average molecular weight is 336 g/mol. The Hall–Kier alpha value is -3.15. The van der Waals surface area contributed by atoms with Crippen molar-refractivity contribution in [3.05, 3.63) is 75.8 Å². The van der Waals surface area contributed by atoms with E-state index in [-0.39, 0.29) is 12.2 Å². The molecule has 0 bridgehead atoms. The van der Waals surface area contributed by atoms with Gasteiger partial charge in [0.05, 0.1) is 5.69 Å². The van der Waals surface area contributed by atoms with Crippen molar-refractivity contribution in [1.29, 1.82) is 0 Å². The fourth-order valence-electron chi connectivity index (χ4n) is 2.88. The first-order valence-electron chi connectivity index (χ1n) is 8.00. The summed E-state index contributed by atoms with van der Waals surface area (Å²) < 4.78 is 12.4. The number of nitrogens with zero attached hydrogens (tertiary/aromatic N) is 2. The Balaban J connectivity index is 1.47. The number of para-hydroxylation sites is 1.